The molecule has 24 heavy (non-hydrogen) atoms. The SMILES string of the molecule is CC[C@H](C)NC(=O)[C@H]1CSCN1C(=O)c1cccc(NC(C)=O)c1. The van der Waals surface area contributed by atoms with Gasteiger partial charge in [-0.25, -0.2) is 0 Å². The molecule has 0 unspecified atom stereocenters. The summed E-state index contributed by atoms with van der Waals surface area (Å²) >= 11 is 1.57. The standard InChI is InChI=1S/C17H23N3O3S/c1-4-11(2)18-16(22)15-9-24-10-20(15)17(23)13-6-5-7-14(8-13)19-12(3)21/h5-8,11,15H,4,9-10H2,1-3H3,(H,18,22)(H,19,21)/t11-,15+/m0/s1. The van der Waals surface area contributed by atoms with E-state index in [0.717, 1.165) is 6.42 Å². The average Bonchev–Trinajstić information content (AvgIpc) is 3.03. The number of hydrogen-bond donors (Lipinski definition) is 2. The van der Waals surface area contributed by atoms with Crippen LogP contribution in [-0.4, -0.2) is 46.3 Å². The molecule has 2 rings (SSSR count). The lowest BCUT2D eigenvalue weighted by molar-refractivity contribution is -0.125. The molecule has 2 N–H and O–H groups in total. The van der Waals surface area contributed by atoms with Crippen LogP contribution in [0.1, 0.15) is 37.6 Å². The first-order chi connectivity index (χ1) is 11.4. The minimum atomic E-state index is -0.457. The average molecular weight is 349 g/mol. The van der Waals surface area contributed by atoms with Crippen molar-refractivity contribution in [3.8, 4) is 0 Å². The molecule has 6 nitrogen and oxygen atoms in total. The highest BCUT2D eigenvalue weighted by Gasteiger charge is 2.35. The zero-order chi connectivity index (χ0) is 17.7. The van der Waals surface area contributed by atoms with Crippen LogP contribution >= 0.6 is 11.8 Å². The third-order valence-corrected chi connectivity index (χ3v) is 4.89. The van der Waals surface area contributed by atoms with Crippen molar-refractivity contribution >= 4 is 35.2 Å². The van der Waals surface area contributed by atoms with Crippen molar-refractivity contribution in [1.29, 1.82) is 0 Å². The zero-order valence-electron chi connectivity index (χ0n) is 14.2. The topological polar surface area (TPSA) is 78.5 Å². The Bertz CT molecular complexity index is 635. The molecule has 2 atom stereocenters. The highest BCUT2D eigenvalue weighted by atomic mass is 32.2. The number of nitrogens with one attached hydrogen (secondary N) is 2. The van der Waals surface area contributed by atoms with Crippen LogP contribution in [0, 0.1) is 0 Å². The Morgan fingerprint density at radius 3 is 2.79 bits per heavy atom. The summed E-state index contributed by atoms with van der Waals surface area (Å²) in [5, 5.41) is 5.61. The summed E-state index contributed by atoms with van der Waals surface area (Å²) < 4.78 is 0. The molecule has 1 aromatic rings. The van der Waals surface area contributed by atoms with Gasteiger partial charge in [0, 0.05) is 30.0 Å². The van der Waals surface area contributed by atoms with Crippen molar-refractivity contribution in [2.45, 2.75) is 39.3 Å². The third-order valence-electron chi connectivity index (χ3n) is 3.88. The molecule has 1 fully saturated rings. The van der Waals surface area contributed by atoms with Gasteiger partial charge in [0.05, 0.1) is 5.88 Å². The summed E-state index contributed by atoms with van der Waals surface area (Å²) in [5.74, 6) is 0.584. The van der Waals surface area contributed by atoms with Gasteiger partial charge in [0.2, 0.25) is 11.8 Å². The minimum Gasteiger partial charge on any atom is -0.352 e. The fraction of sp³-hybridized carbons (Fsp3) is 0.471. The van der Waals surface area contributed by atoms with Crippen molar-refractivity contribution in [3.63, 3.8) is 0 Å². The molecule has 1 saturated heterocycles. The van der Waals surface area contributed by atoms with Crippen molar-refractivity contribution in [3.05, 3.63) is 29.8 Å². The zero-order valence-corrected chi connectivity index (χ0v) is 15.0. The van der Waals surface area contributed by atoms with E-state index in [-0.39, 0.29) is 23.8 Å². The molecule has 0 aromatic heterocycles. The second-order valence-corrected chi connectivity index (χ2v) is 6.87. The van der Waals surface area contributed by atoms with Gasteiger partial charge in [0.15, 0.2) is 0 Å². The van der Waals surface area contributed by atoms with E-state index in [2.05, 4.69) is 10.6 Å². The fourth-order valence-electron chi connectivity index (χ4n) is 2.40. The van der Waals surface area contributed by atoms with Gasteiger partial charge in [0.1, 0.15) is 6.04 Å². The van der Waals surface area contributed by atoms with E-state index in [1.165, 1.54) is 6.92 Å². The number of anilines is 1. The third kappa shape index (κ3) is 4.50. The molecule has 0 saturated carbocycles. The van der Waals surface area contributed by atoms with Crippen molar-refractivity contribution in [2.24, 2.45) is 0 Å². The lowest BCUT2D eigenvalue weighted by Crippen LogP contribution is -2.49. The molecule has 130 valence electrons. The van der Waals surface area contributed by atoms with Crippen LogP contribution in [-0.2, 0) is 9.59 Å². The Morgan fingerprint density at radius 1 is 1.38 bits per heavy atom. The summed E-state index contributed by atoms with van der Waals surface area (Å²) in [6.07, 6.45) is 0.846. The Balaban J connectivity index is 2.13. The minimum absolute atomic E-state index is 0.0862. The van der Waals surface area contributed by atoms with Crippen LogP contribution < -0.4 is 10.6 Å². The molecule has 7 heteroatoms. The molecule has 0 radical (unpaired) electrons. The smallest absolute Gasteiger partial charge is 0.255 e. The molecule has 1 heterocycles. The van der Waals surface area contributed by atoms with E-state index in [9.17, 15) is 14.4 Å². The summed E-state index contributed by atoms with van der Waals surface area (Å²) in [6.45, 7) is 5.37. The van der Waals surface area contributed by atoms with Gasteiger partial charge in [0.25, 0.3) is 5.91 Å². The molecule has 1 aliphatic rings. The number of carbonyl (C=O) groups excluding carboxylic acids is 3. The summed E-state index contributed by atoms with van der Waals surface area (Å²) in [6, 6.07) is 6.40. The summed E-state index contributed by atoms with van der Waals surface area (Å²) in [7, 11) is 0. The maximum Gasteiger partial charge on any atom is 0.255 e. The van der Waals surface area contributed by atoms with E-state index in [4.69, 9.17) is 0 Å². The van der Waals surface area contributed by atoms with Crippen LogP contribution in [0.25, 0.3) is 0 Å². The predicted octanol–water partition coefficient (Wildman–Crippen LogP) is 2.07. The summed E-state index contributed by atoms with van der Waals surface area (Å²) in [4.78, 5) is 37.9. The van der Waals surface area contributed by atoms with E-state index >= 15 is 0 Å². The van der Waals surface area contributed by atoms with Crippen molar-refractivity contribution in [1.82, 2.24) is 10.2 Å². The van der Waals surface area contributed by atoms with E-state index < -0.39 is 6.04 Å². The molecule has 1 aliphatic heterocycles. The second-order valence-electron chi connectivity index (χ2n) is 5.87. The number of amides is 3. The number of hydrogen-bond acceptors (Lipinski definition) is 4. The first-order valence-electron chi connectivity index (χ1n) is 7.99. The molecule has 3 amide bonds. The Kier molecular flexibility index (Phi) is 6.25. The molecule has 0 aliphatic carbocycles. The van der Waals surface area contributed by atoms with E-state index in [1.807, 2.05) is 13.8 Å². The number of carbonyl (C=O) groups is 3. The van der Waals surface area contributed by atoms with Gasteiger partial charge in [-0.05, 0) is 31.5 Å². The quantitative estimate of drug-likeness (QED) is 0.853. The lowest BCUT2D eigenvalue weighted by Gasteiger charge is -2.24. The normalized spacial score (nSPS) is 18.1. The van der Waals surface area contributed by atoms with Crippen LogP contribution in [0.4, 0.5) is 5.69 Å². The van der Waals surface area contributed by atoms with E-state index in [1.54, 1.807) is 40.9 Å². The van der Waals surface area contributed by atoms with Gasteiger partial charge >= 0.3 is 0 Å². The Labute approximate surface area is 146 Å². The van der Waals surface area contributed by atoms with Gasteiger partial charge in [-0.3, -0.25) is 14.4 Å². The second kappa shape index (κ2) is 8.19. The van der Waals surface area contributed by atoms with E-state index in [0.29, 0.717) is 22.9 Å². The van der Waals surface area contributed by atoms with Gasteiger partial charge in [-0.2, -0.15) is 0 Å². The fourth-order valence-corrected chi connectivity index (χ4v) is 3.55. The highest BCUT2D eigenvalue weighted by Crippen LogP contribution is 2.24. The molecule has 0 bridgehead atoms. The molecular weight excluding hydrogens is 326 g/mol. The van der Waals surface area contributed by atoms with Crippen LogP contribution in [0.3, 0.4) is 0 Å². The monoisotopic (exact) mass is 349 g/mol. The number of rotatable bonds is 5. The van der Waals surface area contributed by atoms with Crippen molar-refractivity contribution < 1.29 is 14.4 Å². The van der Waals surface area contributed by atoms with Crippen LogP contribution in [0.2, 0.25) is 0 Å². The summed E-state index contributed by atoms with van der Waals surface area (Å²) in [5.41, 5.74) is 1.03. The molecule has 0 spiro atoms. The van der Waals surface area contributed by atoms with Gasteiger partial charge < -0.3 is 15.5 Å². The van der Waals surface area contributed by atoms with Gasteiger partial charge in [-0.1, -0.05) is 13.0 Å². The number of benzene rings is 1. The van der Waals surface area contributed by atoms with Crippen LogP contribution in [0.5, 0.6) is 0 Å². The molecule has 1 aromatic carbocycles. The predicted molar refractivity (Wildman–Crippen MR) is 95.9 cm³/mol. The van der Waals surface area contributed by atoms with Gasteiger partial charge in [-0.15, -0.1) is 11.8 Å². The molecular formula is C17H23N3O3S. The highest BCUT2D eigenvalue weighted by molar-refractivity contribution is 7.99. The number of nitrogens with zero attached hydrogens (tertiary/aromatic N) is 1. The first-order valence-corrected chi connectivity index (χ1v) is 9.14. The largest absolute Gasteiger partial charge is 0.352 e. The number of thioether (sulfide) groups is 1. The lowest BCUT2D eigenvalue weighted by atomic mass is 10.1. The maximum absolute atomic E-state index is 12.8. The Hall–Kier alpha value is -2.02. The maximum atomic E-state index is 12.8. The van der Waals surface area contributed by atoms with Crippen molar-refractivity contribution in [2.75, 3.05) is 16.9 Å². The van der Waals surface area contributed by atoms with Crippen LogP contribution in [0.15, 0.2) is 24.3 Å². The Morgan fingerprint density at radius 2 is 2.12 bits per heavy atom. The first kappa shape index (κ1) is 18.3.